The number of aryl methyl sites for hydroxylation is 1. The van der Waals surface area contributed by atoms with Crippen LogP contribution in [0.15, 0.2) is 60.8 Å². The predicted molar refractivity (Wildman–Crippen MR) is 99.2 cm³/mol. The number of aromatic amines is 1. The van der Waals surface area contributed by atoms with E-state index in [4.69, 9.17) is 5.73 Å². The van der Waals surface area contributed by atoms with Gasteiger partial charge in [0.2, 0.25) is 5.52 Å². The summed E-state index contributed by atoms with van der Waals surface area (Å²) in [5, 5.41) is 14.2. The summed E-state index contributed by atoms with van der Waals surface area (Å²) in [4.78, 5) is 13.8. The van der Waals surface area contributed by atoms with Gasteiger partial charge in [-0.1, -0.05) is 6.07 Å². The molecule has 0 fully saturated rings. The van der Waals surface area contributed by atoms with Crippen molar-refractivity contribution in [3.8, 4) is 11.1 Å². The topological polar surface area (TPSA) is 83.3 Å². The zero-order chi connectivity index (χ0) is 17.6. The van der Waals surface area contributed by atoms with E-state index >= 15 is 0 Å². The maximum atomic E-state index is 10.9. The van der Waals surface area contributed by atoms with Crippen LogP contribution in [0.3, 0.4) is 0 Å². The highest BCUT2D eigenvalue weighted by Gasteiger charge is 2.13. The summed E-state index contributed by atoms with van der Waals surface area (Å²) in [5.74, 6) is 0. The van der Waals surface area contributed by atoms with Crippen LogP contribution in [0.2, 0.25) is 0 Å². The number of benzene rings is 3. The largest absolute Gasteiger partial charge is 1.00 e. The monoisotopic (exact) mass is 409 g/mol. The van der Waals surface area contributed by atoms with Crippen molar-refractivity contribution < 1.29 is 26.9 Å². The number of halogens is 1. The van der Waals surface area contributed by atoms with Gasteiger partial charge in [-0.3, -0.25) is 10.1 Å². The molecule has 3 N–H and O–H groups in total. The first-order valence-electron chi connectivity index (χ1n) is 7.92. The van der Waals surface area contributed by atoms with E-state index in [1.807, 2.05) is 24.4 Å². The van der Waals surface area contributed by atoms with Gasteiger partial charge >= 0.3 is 0 Å². The minimum absolute atomic E-state index is 0. The molecule has 130 valence electrons. The molecule has 4 rings (SSSR count). The number of anilines is 1. The van der Waals surface area contributed by atoms with Gasteiger partial charge < -0.3 is 22.7 Å². The average molecular weight is 410 g/mol. The molecule has 5 nitrogen and oxygen atoms in total. The van der Waals surface area contributed by atoms with Crippen LogP contribution in [0.5, 0.6) is 0 Å². The lowest BCUT2D eigenvalue weighted by molar-refractivity contribution is -0.384. The number of nitrogens with two attached hydrogens (primary N) is 1. The third kappa shape index (κ3) is 2.88. The first kappa shape index (κ1) is 17.8. The molecule has 1 heterocycles. The predicted octanol–water partition coefficient (Wildman–Crippen LogP) is 1.28. The number of aromatic nitrogens is 1. The SMILES string of the molecule is Cc1c(-c2ccc([N+](=O)[O-])cc2)ccc2c[nH+]c3cc(N)ccc3c12.[Br-]. The Kier molecular flexibility index (Phi) is 4.61. The normalized spacial score (nSPS) is 10.7. The molecule has 1 aromatic heterocycles. The molecule has 26 heavy (non-hydrogen) atoms. The van der Waals surface area contributed by atoms with Crippen LogP contribution >= 0.6 is 0 Å². The van der Waals surface area contributed by atoms with Crippen molar-refractivity contribution in [1.29, 1.82) is 0 Å². The smallest absolute Gasteiger partial charge is 0.269 e. The van der Waals surface area contributed by atoms with E-state index in [1.165, 1.54) is 12.1 Å². The van der Waals surface area contributed by atoms with Gasteiger partial charge in [0.1, 0.15) is 0 Å². The Balaban J connectivity index is 0.00000196. The molecule has 0 aliphatic heterocycles. The van der Waals surface area contributed by atoms with Gasteiger partial charge in [-0.15, -0.1) is 0 Å². The zero-order valence-electron chi connectivity index (χ0n) is 14.0. The van der Waals surface area contributed by atoms with Gasteiger partial charge in [-0.25, -0.2) is 4.98 Å². The Labute approximate surface area is 160 Å². The molecular formula is C20H16BrN3O2. The molecule has 0 unspecified atom stereocenters. The number of nitro benzene ring substituents is 1. The van der Waals surface area contributed by atoms with Gasteiger partial charge in [-0.2, -0.15) is 0 Å². The van der Waals surface area contributed by atoms with Crippen LogP contribution in [-0.2, 0) is 0 Å². The van der Waals surface area contributed by atoms with Crippen molar-refractivity contribution >= 4 is 33.1 Å². The molecule has 0 spiro atoms. The number of nitrogens with one attached hydrogen (secondary N) is 1. The summed E-state index contributed by atoms with van der Waals surface area (Å²) in [6, 6.07) is 16.6. The number of hydrogen-bond donors (Lipinski definition) is 1. The second kappa shape index (κ2) is 6.72. The van der Waals surface area contributed by atoms with Crippen LogP contribution < -0.4 is 27.7 Å². The van der Waals surface area contributed by atoms with Crippen LogP contribution in [0.4, 0.5) is 11.4 Å². The molecule has 0 bridgehead atoms. The molecule has 0 amide bonds. The number of nitrogen functional groups attached to an aromatic ring is 1. The van der Waals surface area contributed by atoms with E-state index in [2.05, 4.69) is 24.0 Å². The van der Waals surface area contributed by atoms with E-state index in [0.29, 0.717) is 5.69 Å². The molecule has 0 saturated heterocycles. The van der Waals surface area contributed by atoms with Crippen molar-refractivity contribution in [1.82, 2.24) is 0 Å². The lowest BCUT2D eigenvalue weighted by Gasteiger charge is -2.10. The van der Waals surface area contributed by atoms with Crippen molar-refractivity contribution in [2.24, 2.45) is 0 Å². The number of non-ortho nitro benzene ring substituents is 1. The third-order valence-electron chi connectivity index (χ3n) is 4.58. The first-order chi connectivity index (χ1) is 12.0. The van der Waals surface area contributed by atoms with Gasteiger partial charge in [0.05, 0.1) is 10.3 Å². The number of hydrogen-bond acceptors (Lipinski definition) is 3. The van der Waals surface area contributed by atoms with Crippen LogP contribution in [0.1, 0.15) is 5.56 Å². The Morgan fingerprint density at radius 1 is 1.04 bits per heavy atom. The Morgan fingerprint density at radius 2 is 1.77 bits per heavy atom. The lowest BCUT2D eigenvalue weighted by atomic mass is 9.93. The maximum Gasteiger partial charge on any atom is 0.269 e. The summed E-state index contributed by atoms with van der Waals surface area (Å²) >= 11 is 0. The van der Waals surface area contributed by atoms with Crippen molar-refractivity contribution in [3.05, 3.63) is 76.5 Å². The van der Waals surface area contributed by atoms with E-state index in [-0.39, 0.29) is 27.6 Å². The van der Waals surface area contributed by atoms with E-state index < -0.39 is 0 Å². The molecule has 4 aromatic rings. The minimum atomic E-state index is -0.384. The molecule has 0 radical (unpaired) electrons. The zero-order valence-corrected chi connectivity index (χ0v) is 15.6. The van der Waals surface area contributed by atoms with E-state index in [0.717, 1.165) is 38.4 Å². The second-order valence-electron chi connectivity index (χ2n) is 6.10. The fraction of sp³-hybridized carbons (Fsp3) is 0.0500. The van der Waals surface area contributed by atoms with Gasteiger partial charge in [0.15, 0.2) is 6.20 Å². The summed E-state index contributed by atoms with van der Waals surface area (Å²) in [6.45, 7) is 2.08. The maximum absolute atomic E-state index is 10.9. The van der Waals surface area contributed by atoms with Crippen LogP contribution in [0, 0.1) is 17.0 Å². The summed E-state index contributed by atoms with van der Waals surface area (Å²) in [6.07, 6.45) is 1.98. The standard InChI is InChI=1S/C20H15N3O2.BrH/c1-12-17(13-2-6-16(7-3-13)23(24)25)8-4-14-11-22-19-10-15(21)5-9-18(19)20(12)14;/h2-11H,21H2,1H3;1H. The van der Waals surface area contributed by atoms with Gasteiger partial charge in [0, 0.05) is 34.7 Å². The number of H-pyrrole nitrogens is 1. The Morgan fingerprint density at radius 3 is 2.46 bits per heavy atom. The third-order valence-corrected chi connectivity index (χ3v) is 4.58. The minimum Gasteiger partial charge on any atom is -1.00 e. The Hall–Kier alpha value is -2.99. The van der Waals surface area contributed by atoms with Gasteiger partial charge in [-0.05, 0) is 53.9 Å². The number of pyridine rings is 1. The fourth-order valence-corrected chi connectivity index (χ4v) is 3.34. The quantitative estimate of drug-likeness (QED) is 0.234. The molecule has 0 atom stereocenters. The van der Waals surface area contributed by atoms with Crippen molar-refractivity contribution in [2.45, 2.75) is 6.92 Å². The molecule has 0 aliphatic carbocycles. The lowest BCUT2D eigenvalue weighted by Crippen LogP contribution is -3.00. The number of nitrogens with zero attached hydrogens (tertiary/aromatic N) is 1. The molecule has 6 heteroatoms. The average Bonchev–Trinajstić information content (AvgIpc) is 2.61. The highest BCUT2D eigenvalue weighted by Crippen LogP contribution is 2.33. The highest BCUT2D eigenvalue weighted by atomic mass is 79.9. The number of nitro groups is 1. The molecule has 0 saturated carbocycles. The first-order valence-corrected chi connectivity index (χ1v) is 7.92. The van der Waals surface area contributed by atoms with E-state index in [9.17, 15) is 10.1 Å². The summed E-state index contributed by atoms with van der Waals surface area (Å²) < 4.78 is 0. The molecule has 3 aromatic carbocycles. The summed E-state index contributed by atoms with van der Waals surface area (Å²) in [5.41, 5.74) is 10.8. The number of fused-ring (bicyclic) bond motifs is 3. The summed E-state index contributed by atoms with van der Waals surface area (Å²) in [7, 11) is 0. The highest BCUT2D eigenvalue weighted by molar-refractivity contribution is 6.08. The van der Waals surface area contributed by atoms with Crippen LogP contribution in [-0.4, -0.2) is 4.92 Å². The second-order valence-corrected chi connectivity index (χ2v) is 6.10. The Bertz CT molecular complexity index is 1140. The van der Waals surface area contributed by atoms with E-state index in [1.54, 1.807) is 12.1 Å². The van der Waals surface area contributed by atoms with Crippen LogP contribution in [0.25, 0.3) is 32.8 Å². The van der Waals surface area contributed by atoms with Crippen molar-refractivity contribution in [3.63, 3.8) is 0 Å². The number of rotatable bonds is 2. The molecule has 0 aliphatic rings. The molecular weight excluding hydrogens is 394 g/mol. The van der Waals surface area contributed by atoms with Gasteiger partial charge in [0.25, 0.3) is 5.69 Å². The fourth-order valence-electron chi connectivity index (χ4n) is 3.34. The van der Waals surface area contributed by atoms with Crippen molar-refractivity contribution in [2.75, 3.05) is 5.73 Å².